The molecular formula is C13H25FO. The number of halogens is 1. The molecule has 0 saturated carbocycles. The van der Waals surface area contributed by atoms with Crippen LogP contribution in [0.1, 0.15) is 59.3 Å². The molecule has 0 aliphatic heterocycles. The van der Waals surface area contributed by atoms with Crippen molar-refractivity contribution < 1.29 is 9.13 Å². The molecular weight excluding hydrogens is 191 g/mol. The zero-order chi connectivity index (χ0) is 11.5. The van der Waals surface area contributed by atoms with Gasteiger partial charge in [0.1, 0.15) is 12.3 Å². The highest BCUT2D eigenvalue weighted by Crippen LogP contribution is 2.14. The van der Waals surface area contributed by atoms with Crippen molar-refractivity contribution in [2.24, 2.45) is 0 Å². The summed E-state index contributed by atoms with van der Waals surface area (Å²) >= 11 is 0. The van der Waals surface area contributed by atoms with E-state index in [0.717, 1.165) is 12.8 Å². The minimum atomic E-state index is -0.831. The van der Waals surface area contributed by atoms with E-state index in [1.165, 1.54) is 19.3 Å². The molecule has 0 aromatic rings. The van der Waals surface area contributed by atoms with E-state index in [1.54, 1.807) is 19.3 Å². The molecule has 0 aromatic heterocycles. The Kier molecular flexibility index (Phi) is 9.65. The first-order valence-corrected chi connectivity index (χ1v) is 6.13. The molecule has 0 spiro atoms. The largest absolute Gasteiger partial charge is 0.496 e. The molecule has 0 saturated heterocycles. The Bertz CT molecular complexity index is 157. The summed E-state index contributed by atoms with van der Waals surface area (Å²) in [6, 6.07) is 0. The summed E-state index contributed by atoms with van der Waals surface area (Å²) < 4.78 is 18.6. The van der Waals surface area contributed by atoms with Gasteiger partial charge in [0.05, 0.1) is 6.26 Å². The molecule has 0 rings (SSSR count). The van der Waals surface area contributed by atoms with Crippen LogP contribution in [-0.4, -0.2) is 12.3 Å². The van der Waals surface area contributed by atoms with E-state index in [2.05, 4.69) is 6.92 Å². The Balaban J connectivity index is 3.42. The maximum atomic E-state index is 13.5. The van der Waals surface area contributed by atoms with Crippen LogP contribution in [0.25, 0.3) is 0 Å². The predicted molar refractivity (Wildman–Crippen MR) is 63.6 cm³/mol. The molecule has 0 aliphatic rings. The third-order valence-electron chi connectivity index (χ3n) is 2.52. The molecule has 1 nitrogen and oxygen atoms in total. The van der Waals surface area contributed by atoms with Crippen LogP contribution in [-0.2, 0) is 4.74 Å². The molecule has 0 heterocycles. The van der Waals surface area contributed by atoms with Crippen molar-refractivity contribution in [3.05, 3.63) is 12.3 Å². The highest BCUT2D eigenvalue weighted by molar-refractivity contribution is 4.72. The standard InChI is InChI=1S/C13H25FO/c1-4-6-7-8-9-10-13(14)12(3)15-11-5-2/h5,11-13H,4,6-10H2,1-3H3/b11-5+. The summed E-state index contributed by atoms with van der Waals surface area (Å²) in [5, 5.41) is 0. The lowest BCUT2D eigenvalue weighted by molar-refractivity contribution is 0.0687. The van der Waals surface area contributed by atoms with E-state index in [0.29, 0.717) is 6.42 Å². The molecule has 0 bridgehead atoms. The molecule has 0 fully saturated rings. The number of unbranched alkanes of at least 4 members (excludes halogenated alkanes) is 4. The van der Waals surface area contributed by atoms with Gasteiger partial charge in [0, 0.05) is 0 Å². The molecule has 0 radical (unpaired) electrons. The number of ether oxygens (including phenoxy) is 1. The zero-order valence-corrected chi connectivity index (χ0v) is 10.3. The van der Waals surface area contributed by atoms with E-state index >= 15 is 0 Å². The SMILES string of the molecule is C/C=C/OC(C)C(F)CCCCCCC. The maximum absolute atomic E-state index is 13.5. The lowest BCUT2D eigenvalue weighted by Crippen LogP contribution is -2.19. The van der Waals surface area contributed by atoms with Gasteiger partial charge in [0.15, 0.2) is 0 Å². The number of alkyl halides is 1. The third kappa shape index (κ3) is 8.46. The van der Waals surface area contributed by atoms with Gasteiger partial charge in [0.25, 0.3) is 0 Å². The van der Waals surface area contributed by atoms with Crippen molar-refractivity contribution in [1.29, 1.82) is 0 Å². The summed E-state index contributed by atoms with van der Waals surface area (Å²) in [5.41, 5.74) is 0. The van der Waals surface area contributed by atoms with Crippen molar-refractivity contribution in [3.8, 4) is 0 Å². The first-order chi connectivity index (χ1) is 7.22. The van der Waals surface area contributed by atoms with Crippen LogP contribution >= 0.6 is 0 Å². The van der Waals surface area contributed by atoms with E-state index in [-0.39, 0.29) is 6.10 Å². The fourth-order valence-corrected chi connectivity index (χ4v) is 1.47. The summed E-state index contributed by atoms with van der Waals surface area (Å²) in [4.78, 5) is 0. The van der Waals surface area contributed by atoms with Gasteiger partial charge < -0.3 is 4.74 Å². The Morgan fingerprint density at radius 3 is 2.47 bits per heavy atom. The number of hydrogen-bond donors (Lipinski definition) is 0. The second kappa shape index (κ2) is 10.0. The predicted octanol–water partition coefficient (Wildman–Crippen LogP) is 4.62. The number of hydrogen-bond acceptors (Lipinski definition) is 1. The van der Waals surface area contributed by atoms with Crippen molar-refractivity contribution in [1.82, 2.24) is 0 Å². The maximum Gasteiger partial charge on any atom is 0.136 e. The molecule has 90 valence electrons. The Morgan fingerprint density at radius 2 is 1.87 bits per heavy atom. The lowest BCUT2D eigenvalue weighted by Gasteiger charge is -2.16. The molecule has 0 amide bonds. The number of rotatable bonds is 9. The number of allylic oxidation sites excluding steroid dienone is 1. The molecule has 15 heavy (non-hydrogen) atoms. The van der Waals surface area contributed by atoms with Gasteiger partial charge in [-0.1, -0.05) is 45.1 Å². The van der Waals surface area contributed by atoms with Crippen LogP contribution in [0, 0.1) is 0 Å². The first-order valence-electron chi connectivity index (χ1n) is 6.13. The normalized spacial score (nSPS) is 15.5. The summed E-state index contributed by atoms with van der Waals surface area (Å²) in [6.45, 7) is 5.84. The Hall–Kier alpha value is -0.530. The van der Waals surface area contributed by atoms with Gasteiger partial charge >= 0.3 is 0 Å². The van der Waals surface area contributed by atoms with Gasteiger partial charge in [-0.15, -0.1) is 0 Å². The molecule has 0 aromatic carbocycles. The van der Waals surface area contributed by atoms with Crippen LogP contribution in [0.4, 0.5) is 4.39 Å². The van der Waals surface area contributed by atoms with Crippen molar-refractivity contribution in [2.45, 2.75) is 71.6 Å². The van der Waals surface area contributed by atoms with Gasteiger partial charge in [-0.05, 0) is 20.3 Å². The van der Waals surface area contributed by atoms with Crippen LogP contribution in [0.5, 0.6) is 0 Å². The van der Waals surface area contributed by atoms with E-state index in [9.17, 15) is 4.39 Å². The lowest BCUT2D eigenvalue weighted by atomic mass is 10.1. The molecule has 0 aliphatic carbocycles. The van der Waals surface area contributed by atoms with Gasteiger partial charge in [-0.3, -0.25) is 0 Å². The third-order valence-corrected chi connectivity index (χ3v) is 2.52. The van der Waals surface area contributed by atoms with Crippen molar-refractivity contribution in [2.75, 3.05) is 0 Å². The van der Waals surface area contributed by atoms with E-state index in [1.807, 2.05) is 6.92 Å². The average Bonchev–Trinajstić information content (AvgIpc) is 2.25. The Labute approximate surface area is 93.7 Å². The second-order valence-electron chi connectivity index (χ2n) is 4.03. The average molecular weight is 216 g/mol. The quantitative estimate of drug-likeness (QED) is 0.403. The highest BCUT2D eigenvalue weighted by atomic mass is 19.1. The van der Waals surface area contributed by atoms with Crippen LogP contribution in [0.2, 0.25) is 0 Å². The van der Waals surface area contributed by atoms with Gasteiger partial charge in [0.2, 0.25) is 0 Å². The van der Waals surface area contributed by atoms with E-state index < -0.39 is 6.17 Å². The fourth-order valence-electron chi connectivity index (χ4n) is 1.47. The minimum absolute atomic E-state index is 0.313. The summed E-state index contributed by atoms with van der Waals surface area (Å²) in [7, 11) is 0. The van der Waals surface area contributed by atoms with E-state index in [4.69, 9.17) is 4.74 Å². The summed E-state index contributed by atoms with van der Waals surface area (Å²) in [6.07, 6.45) is 8.68. The van der Waals surface area contributed by atoms with Crippen molar-refractivity contribution >= 4 is 0 Å². The van der Waals surface area contributed by atoms with Crippen LogP contribution in [0.3, 0.4) is 0 Å². The molecule has 0 N–H and O–H groups in total. The van der Waals surface area contributed by atoms with Crippen LogP contribution in [0.15, 0.2) is 12.3 Å². The zero-order valence-electron chi connectivity index (χ0n) is 10.3. The second-order valence-corrected chi connectivity index (χ2v) is 4.03. The molecule has 2 atom stereocenters. The molecule has 2 heteroatoms. The minimum Gasteiger partial charge on any atom is -0.496 e. The first kappa shape index (κ1) is 14.5. The topological polar surface area (TPSA) is 9.23 Å². The van der Waals surface area contributed by atoms with Crippen molar-refractivity contribution in [3.63, 3.8) is 0 Å². The fraction of sp³-hybridized carbons (Fsp3) is 0.846. The summed E-state index contributed by atoms with van der Waals surface area (Å²) in [5.74, 6) is 0. The monoisotopic (exact) mass is 216 g/mol. The Morgan fingerprint density at radius 1 is 1.20 bits per heavy atom. The van der Waals surface area contributed by atoms with Gasteiger partial charge in [-0.25, -0.2) is 4.39 Å². The smallest absolute Gasteiger partial charge is 0.136 e. The molecule has 2 unspecified atom stereocenters. The van der Waals surface area contributed by atoms with Gasteiger partial charge in [-0.2, -0.15) is 0 Å². The highest BCUT2D eigenvalue weighted by Gasteiger charge is 2.15. The van der Waals surface area contributed by atoms with Crippen LogP contribution < -0.4 is 0 Å².